The monoisotopic (exact) mass is 348 g/mol. The van der Waals surface area contributed by atoms with Crippen LogP contribution in [0.25, 0.3) is 0 Å². The molecule has 3 heterocycles. The molecule has 1 aromatic heterocycles. The van der Waals surface area contributed by atoms with E-state index in [1.54, 1.807) is 12.1 Å². The normalized spacial score (nSPS) is 18.9. The van der Waals surface area contributed by atoms with Crippen molar-refractivity contribution in [2.75, 3.05) is 23.3 Å². The average molecular weight is 349 g/mol. The number of halogens is 2. The summed E-state index contributed by atoms with van der Waals surface area (Å²) in [6.45, 7) is 1.46. The van der Waals surface area contributed by atoms with Crippen LogP contribution in [0.2, 0.25) is 10.2 Å². The van der Waals surface area contributed by atoms with Crippen molar-refractivity contribution >= 4 is 40.6 Å². The van der Waals surface area contributed by atoms with E-state index in [1.807, 2.05) is 18.2 Å². The predicted octanol–water partition coefficient (Wildman–Crippen LogP) is 3.27. The molecule has 1 saturated heterocycles. The lowest BCUT2D eigenvalue weighted by Crippen LogP contribution is -2.46. The third kappa shape index (κ3) is 2.35. The third-order valence-electron chi connectivity index (χ3n) is 4.74. The number of hydrogen-bond donors (Lipinski definition) is 1. The number of nitrogens with one attached hydrogen (secondary N) is 1. The topological polar surface area (TPSA) is 58.1 Å². The van der Waals surface area contributed by atoms with E-state index in [4.69, 9.17) is 23.2 Å². The lowest BCUT2D eigenvalue weighted by atomic mass is 9.73. The molecule has 1 aromatic carbocycles. The molecule has 2 aliphatic rings. The van der Waals surface area contributed by atoms with Crippen LogP contribution >= 0.6 is 23.2 Å². The van der Waals surface area contributed by atoms with E-state index >= 15 is 0 Å². The molecule has 7 heteroatoms. The van der Waals surface area contributed by atoms with E-state index in [-0.39, 0.29) is 5.91 Å². The Morgan fingerprint density at radius 1 is 1.09 bits per heavy atom. The predicted molar refractivity (Wildman–Crippen MR) is 90.2 cm³/mol. The second-order valence-electron chi connectivity index (χ2n) is 5.93. The maximum absolute atomic E-state index is 12.6. The third-order valence-corrected chi connectivity index (χ3v) is 5.18. The lowest BCUT2D eigenvalue weighted by Gasteiger charge is -2.38. The van der Waals surface area contributed by atoms with Gasteiger partial charge in [0.15, 0.2) is 11.0 Å². The Hall–Kier alpha value is -1.85. The number of fused-ring (bicyclic) bond motifs is 2. The van der Waals surface area contributed by atoms with Crippen molar-refractivity contribution in [2.45, 2.75) is 18.3 Å². The smallest absolute Gasteiger partial charge is 0.235 e. The van der Waals surface area contributed by atoms with Gasteiger partial charge in [-0.25, -0.2) is 0 Å². The maximum atomic E-state index is 12.6. The van der Waals surface area contributed by atoms with Gasteiger partial charge in [-0.15, -0.1) is 10.2 Å². The van der Waals surface area contributed by atoms with Crippen molar-refractivity contribution in [1.29, 1.82) is 0 Å². The molecular formula is C16H14Cl2N4O. The first-order valence-electron chi connectivity index (χ1n) is 7.44. The van der Waals surface area contributed by atoms with Crippen molar-refractivity contribution in [3.63, 3.8) is 0 Å². The summed E-state index contributed by atoms with van der Waals surface area (Å²) in [5.41, 5.74) is 1.40. The summed E-state index contributed by atoms with van der Waals surface area (Å²) in [5, 5.41) is 12.0. The number of carbonyl (C=O) groups is 1. The van der Waals surface area contributed by atoms with Crippen LogP contribution < -0.4 is 10.2 Å². The first-order valence-corrected chi connectivity index (χ1v) is 8.20. The van der Waals surface area contributed by atoms with Gasteiger partial charge in [-0.05, 0) is 48.7 Å². The van der Waals surface area contributed by atoms with Gasteiger partial charge in [0.1, 0.15) is 0 Å². The SMILES string of the molecule is O=C1Nc2ccc(Cl)cc2C12CCN(c1ccc(Cl)nn1)CC2. The van der Waals surface area contributed by atoms with E-state index in [9.17, 15) is 4.79 Å². The summed E-state index contributed by atoms with van der Waals surface area (Å²) >= 11 is 11.9. The van der Waals surface area contributed by atoms with E-state index in [1.165, 1.54) is 0 Å². The van der Waals surface area contributed by atoms with Crippen molar-refractivity contribution in [3.8, 4) is 0 Å². The largest absolute Gasteiger partial charge is 0.355 e. The van der Waals surface area contributed by atoms with Gasteiger partial charge in [-0.2, -0.15) is 0 Å². The fourth-order valence-corrected chi connectivity index (χ4v) is 3.75. The maximum Gasteiger partial charge on any atom is 0.235 e. The molecule has 1 amide bonds. The molecule has 5 nitrogen and oxygen atoms in total. The zero-order valence-electron chi connectivity index (χ0n) is 12.2. The summed E-state index contributed by atoms with van der Waals surface area (Å²) in [7, 11) is 0. The Balaban J connectivity index is 1.61. The van der Waals surface area contributed by atoms with Crippen molar-refractivity contribution in [1.82, 2.24) is 10.2 Å². The summed E-state index contributed by atoms with van der Waals surface area (Å²) < 4.78 is 0. The van der Waals surface area contributed by atoms with Crippen LogP contribution in [0.1, 0.15) is 18.4 Å². The number of carbonyl (C=O) groups excluding carboxylic acids is 1. The van der Waals surface area contributed by atoms with Crippen LogP contribution in [0.3, 0.4) is 0 Å². The van der Waals surface area contributed by atoms with Gasteiger partial charge in [0.2, 0.25) is 5.91 Å². The zero-order valence-corrected chi connectivity index (χ0v) is 13.7. The van der Waals surface area contributed by atoms with Crippen LogP contribution in [0.5, 0.6) is 0 Å². The minimum absolute atomic E-state index is 0.0663. The van der Waals surface area contributed by atoms with E-state index in [0.717, 1.165) is 43.0 Å². The van der Waals surface area contributed by atoms with Crippen molar-refractivity contribution in [3.05, 3.63) is 46.1 Å². The van der Waals surface area contributed by atoms with Crippen LogP contribution in [-0.2, 0) is 10.2 Å². The van der Waals surface area contributed by atoms with Gasteiger partial charge in [0.25, 0.3) is 0 Å². The fraction of sp³-hybridized carbons (Fsp3) is 0.312. The number of benzene rings is 1. The number of hydrogen-bond acceptors (Lipinski definition) is 4. The molecule has 2 aliphatic heterocycles. The molecule has 2 aromatic rings. The summed E-state index contributed by atoms with van der Waals surface area (Å²) in [4.78, 5) is 14.7. The number of nitrogens with zero attached hydrogens (tertiary/aromatic N) is 3. The Labute approximate surface area is 143 Å². The number of rotatable bonds is 1. The Bertz CT molecular complexity index is 770. The van der Waals surface area contributed by atoms with Gasteiger partial charge in [-0.3, -0.25) is 4.79 Å². The Morgan fingerprint density at radius 2 is 1.87 bits per heavy atom. The van der Waals surface area contributed by atoms with Crippen LogP contribution in [0.15, 0.2) is 30.3 Å². The Kier molecular flexibility index (Phi) is 3.43. The van der Waals surface area contributed by atoms with E-state index in [0.29, 0.717) is 10.2 Å². The minimum Gasteiger partial charge on any atom is -0.355 e. The fourth-order valence-electron chi connectivity index (χ4n) is 3.48. The summed E-state index contributed by atoms with van der Waals surface area (Å²) in [5.74, 6) is 0.852. The Morgan fingerprint density at radius 3 is 2.57 bits per heavy atom. The quantitative estimate of drug-likeness (QED) is 0.859. The van der Waals surface area contributed by atoms with Crippen LogP contribution in [0.4, 0.5) is 11.5 Å². The van der Waals surface area contributed by atoms with Gasteiger partial charge in [0.05, 0.1) is 5.41 Å². The molecule has 1 spiro atoms. The highest BCUT2D eigenvalue weighted by atomic mass is 35.5. The second-order valence-corrected chi connectivity index (χ2v) is 6.75. The molecular weight excluding hydrogens is 335 g/mol. The summed E-state index contributed by atoms with van der Waals surface area (Å²) in [6.07, 6.45) is 1.44. The van der Waals surface area contributed by atoms with Crippen molar-refractivity contribution in [2.24, 2.45) is 0 Å². The van der Waals surface area contributed by atoms with Gasteiger partial charge in [-0.1, -0.05) is 23.2 Å². The van der Waals surface area contributed by atoms with Crippen LogP contribution in [-0.4, -0.2) is 29.2 Å². The molecule has 1 N–H and O–H groups in total. The van der Waals surface area contributed by atoms with Gasteiger partial charge >= 0.3 is 0 Å². The lowest BCUT2D eigenvalue weighted by molar-refractivity contribution is -0.121. The zero-order chi connectivity index (χ0) is 16.0. The molecule has 4 rings (SSSR count). The first-order chi connectivity index (χ1) is 11.1. The average Bonchev–Trinajstić information content (AvgIpc) is 2.81. The van der Waals surface area contributed by atoms with E-state index in [2.05, 4.69) is 20.4 Å². The number of piperidine rings is 1. The highest BCUT2D eigenvalue weighted by Gasteiger charge is 2.48. The first kappa shape index (κ1) is 14.7. The van der Waals surface area contributed by atoms with Crippen LogP contribution in [0, 0.1) is 0 Å². The number of aromatic nitrogens is 2. The van der Waals surface area contributed by atoms with Gasteiger partial charge in [0, 0.05) is 23.8 Å². The summed E-state index contributed by atoms with van der Waals surface area (Å²) in [6, 6.07) is 9.17. The molecule has 0 bridgehead atoms. The van der Waals surface area contributed by atoms with Crippen molar-refractivity contribution < 1.29 is 4.79 Å². The number of amides is 1. The highest BCUT2D eigenvalue weighted by Crippen LogP contribution is 2.46. The second kappa shape index (κ2) is 5.35. The molecule has 118 valence electrons. The minimum atomic E-state index is -0.489. The number of anilines is 2. The molecule has 0 unspecified atom stereocenters. The molecule has 0 saturated carbocycles. The molecule has 1 fully saturated rings. The van der Waals surface area contributed by atoms with E-state index < -0.39 is 5.41 Å². The highest BCUT2D eigenvalue weighted by molar-refractivity contribution is 6.31. The molecule has 0 aliphatic carbocycles. The standard InChI is InChI=1S/C16H14Cl2N4O/c17-10-1-2-12-11(9-10)16(15(23)19-12)5-7-22(8-6-16)14-4-3-13(18)20-21-14/h1-4,9H,5-8H2,(H,19,23). The molecule has 0 radical (unpaired) electrons. The molecule has 0 atom stereocenters. The van der Waals surface area contributed by atoms with Gasteiger partial charge < -0.3 is 10.2 Å². The molecule has 23 heavy (non-hydrogen) atoms.